The van der Waals surface area contributed by atoms with E-state index in [0.29, 0.717) is 22.8 Å². The quantitative estimate of drug-likeness (QED) is 0.433. The summed E-state index contributed by atoms with van der Waals surface area (Å²) in [4.78, 5) is 0. The van der Waals surface area contributed by atoms with Crippen molar-refractivity contribution in [2.75, 3.05) is 19.6 Å². The Labute approximate surface area is 208 Å². The first kappa shape index (κ1) is 24.1. The summed E-state index contributed by atoms with van der Waals surface area (Å²) in [5.74, 6) is 1.39. The second kappa shape index (κ2) is 9.78. The van der Waals surface area contributed by atoms with Crippen molar-refractivity contribution in [3.63, 3.8) is 0 Å². The van der Waals surface area contributed by atoms with E-state index in [1.165, 1.54) is 62.5 Å². The lowest BCUT2D eigenvalue weighted by atomic mass is 9.49. The van der Waals surface area contributed by atoms with Crippen molar-refractivity contribution in [3.8, 4) is 0 Å². The first-order valence-electron chi connectivity index (χ1n) is 14.1. The molecule has 0 aliphatic heterocycles. The van der Waals surface area contributed by atoms with Crippen LogP contribution >= 0.6 is 0 Å². The number of aryl methyl sites for hydroxylation is 2. The van der Waals surface area contributed by atoms with Crippen molar-refractivity contribution in [3.05, 3.63) is 70.3 Å². The fourth-order valence-electron chi connectivity index (χ4n) is 7.89. The molecular formula is C32H46N2. The fraction of sp³-hybridized carbons (Fsp3) is 0.625. The Morgan fingerprint density at radius 3 is 2.62 bits per heavy atom. The van der Waals surface area contributed by atoms with Gasteiger partial charge in [-0.3, -0.25) is 0 Å². The molecule has 1 fully saturated rings. The van der Waals surface area contributed by atoms with Gasteiger partial charge in [0, 0.05) is 25.7 Å². The largest absolute Gasteiger partial charge is 0.315 e. The lowest BCUT2D eigenvalue weighted by Crippen LogP contribution is -2.53. The van der Waals surface area contributed by atoms with Gasteiger partial charge in [-0.05, 0) is 95.4 Å². The van der Waals surface area contributed by atoms with Crippen LogP contribution < -0.4 is 10.6 Å². The molecule has 0 amide bonds. The van der Waals surface area contributed by atoms with Crippen molar-refractivity contribution >= 4 is 0 Å². The van der Waals surface area contributed by atoms with Gasteiger partial charge < -0.3 is 10.6 Å². The van der Waals surface area contributed by atoms with Gasteiger partial charge in [-0.25, -0.2) is 0 Å². The monoisotopic (exact) mass is 458 g/mol. The molecule has 2 aromatic carbocycles. The molecule has 0 heterocycles. The molecule has 34 heavy (non-hydrogen) atoms. The summed E-state index contributed by atoms with van der Waals surface area (Å²) >= 11 is 0. The standard InChI is InChI=1S/C32H46N2/c1-23(2)25-13-15-28-26(21-25)14-16-30-31(3,17-8-18-32(28,30)4)22-33-19-20-34-29-12-7-10-24-9-5-6-11-27(24)29/h5-6,9,11,13,15,21,23,29-30,33-34H,7-8,10,12,14,16-20,22H2,1-4H3/t29?,30-,31-,32+/m0/s1. The third-order valence-electron chi connectivity index (χ3n) is 9.76. The smallest absolute Gasteiger partial charge is 0.0323 e. The van der Waals surface area contributed by atoms with E-state index in [9.17, 15) is 0 Å². The van der Waals surface area contributed by atoms with Crippen LogP contribution in [0.15, 0.2) is 42.5 Å². The zero-order valence-corrected chi connectivity index (χ0v) is 22.1. The van der Waals surface area contributed by atoms with Crippen LogP contribution in [0.25, 0.3) is 0 Å². The summed E-state index contributed by atoms with van der Waals surface area (Å²) in [6.45, 7) is 13.1. The van der Waals surface area contributed by atoms with Gasteiger partial charge in [0.2, 0.25) is 0 Å². The Hall–Kier alpha value is -1.64. The molecule has 3 aliphatic rings. The van der Waals surface area contributed by atoms with Crippen LogP contribution in [0.5, 0.6) is 0 Å². The lowest BCUT2D eigenvalue weighted by molar-refractivity contribution is 0.0261. The van der Waals surface area contributed by atoms with Gasteiger partial charge in [-0.15, -0.1) is 0 Å². The lowest BCUT2D eigenvalue weighted by Gasteiger charge is -2.55. The number of rotatable bonds is 7. The summed E-state index contributed by atoms with van der Waals surface area (Å²) in [5.41, 5.74) is 8.61. The van der Waals surface area contributed by atoms with Crippen LogP contribution in [-0.4, -0.2) is 19.6 Å². The van der Waals surface area contributed by atoms with E-state index in [4.69, 9.17) is 0 Å². The summed E-state index contributed by atoms with van der Waals surface area (Å²) in [6.07, 6.45) is 10.5. The SMILES string of the molecule is CC(C)c1ccc2c(c1)CC[C@H]1[C@](C)(CNCCNC3CCCc4ccccc43)CCC[C@]21C. The van der Waals surface area contributed by atoms with E-state index < -0.39 is 0 Å². The number of nitrogens with one attached hydrogen (secondary N) is 2. The highest BCUT2D eigenvalue weighted by Crippen LogP contribution is 2.57. The highest BCUT2D eigenvalue weighted by Gasteiger charge is 2.51. The molecule has 2 heteroatoms. The van der Waals surface area contributed by atoms with Crippen molar-refractivity contribution in [1.29, 1.82) is 0 Å². The summed E-state index contributed by atoms with van der Waals surface area (Å²) < 4.78 is 0. The number of hydrogen-bond acceptors (Lipinski definition) is 2. The highest BCUT2D eigenvalue weighted by atomic mass is 15.0. The van der Waals surface area contributed by atoms with Gasteiger partial charge in [0.25, 0.3) is 0 Å². The topological polar surface area (TPSA) is 24.1 Å². The highest BCUT2D eigenvalue weighted by molar-refractivity contribution is 5.42. The summed E-state index contributed by atoms with van der Waals surface area (Å²) in [7, 11) is 0. The summed E-state index contributed by atoms with van der Waals surface area (Å²) in [5, 5.41) is 7.75. The maximum Gasteiger partial charge on any atom is 0.0323 e. The molecule has 3 aliphatic carbocycles. The first-order chi connectivity index (χ1) is 16.4. The zero-order valence-electron chi connectivity index (χ0n) is 22.1. The molecule has 0 bridgehead atoms. The minimum atomic E-state index is 0.335. The number of benzene rings is 2. The van der Waals surface area contributed by atoms with Crippen molar-refractivity contribution in [1.82, 2.24) is 10.6 Å². The maximum atomic E-state index is 3.89. The average molecular weight is 459 g/mol. The molecule has 2 N–H and O–H groups in total. The molecule has 2 nitrogen and oxygen atoms in total. The Bertz CT molecular complexity index is 994. The Morgan fingerprint density at radius 2 is 1.76 bits per heavy atom. The third-order valence-corrected chi connectivity index (χ3v) is 9.76. The maximum absolute atomic E-state index is 3.89. The van der Waals surface area contributed by atoms with Crippen LogP contribution in [0.4, 0.5) is 0 Å². The van der Waals surface area contributed by atoms with Crippen LogP contribution in [0, 0.1) is 11.3 Å². The van der Waals surface area contributed by atoms with Crippen LogP contribution in [0.2, 0.25) is 0 Å². The Kier molecular flexibility index (Phi) is 6.93. The average Bonchev–Trinajstić information content (AvgIpc) is 2.83. The molecule has 0 aromatic heterocycles. The molecule has 0 saturated heterocycles. The fourth-order valence-corrected chi connectivity index (χ4v) is 7.89. The number of fused-ring (bicyclic) bond motifs is 4. The molecule has 1 unspecified atom stereocenters. The van der Waals surface area contributed by atoms with Crippen molar-refractivity contribution in [2.45, 2.75) is 96.4 Å². The molecular weight excluding hydrogens is 412 g/mol. The van der Waals surface area contributed by atoms with Gasteiger partial charge in [-0.2, -0.15) is 0 Å². The van der Waals surface area contributed by atoms with E-state index in [0.717, 1.165) is 25.6 Å². The van der Waals surface area contributed by atoms with Gasteiger partial charge >= 0.3 is 0 Å². The molecule has 4 atom stereocenters. The van der Waals surface area contributed by atoms with E-state index in [-0.39, 0.29) is 0 Å². The minimum absolute atomic E-state index is 0.335. The normalized spacial score (nSPS) is 30.5. The first-order valence-corrected chi connectivity index (χ1v) is 14.1. The van der Waals surface area contributed by atoms with E-state index in [2.05, 4.69) is 80.8 Å². The predicted octanol–water partition coefficient (Wildman–Crippen LogP) is 7.08. The van der Waals surface area contributed by atoms with Crippen LogP contribution in [0.3, 0.4) is 0 Å². The van der Waals surface area contributed by atoms with E-state index in [1.54, 1.807) is 16.7 Å². The molecule has 5 rings (SSSR count). The van der Waals surface area contributed by atoms with E-state index in [1.807, 2.05) is 0 Å². The van der Waals surface area contributed by atoms with Gasteiger partial charge in [-0.1, -0.05) is 76.6 Å². The van der Waals surface area contributed by atoms with E-state index >= 15 is 0 Å². The van der Waals surface area contributed by atoms with Crippen LogP contribution in [-0.2, 0) is 18.3 Å². The molecule has 1 saturated carbocycles. The Balaban J connectivity index is 1.20. The van der Waals surface area contributed by atoms with Crippen molar-refractivity contribution in [2.24, 2.45) is 11.3 Å². The minimum Gasteiger partial charge on any atom is -0.315 e. The molecule has 2 aromatic rings. The zero-order chi connectivity index (χ0) is 23.8. The van der Waals surface area contributed by atoms with Crippen molar-refractivity contribution < 1.29 is 0 Å². The van der Waals surface area contributed by atoms with Gasteiger partial charge in [0.05, 0.1) is 0 Å². The summed E-state index contributed by atoms with van der Waals surface area (Å²) in [6, 6.07) is 17.0. The second-order valence-corrected chi connectivity index (χ2v) is 12.4. The number of hydrogen-bond donors (Lipinski definition) is 2. The molecule has 0 spiro atoms. The van der Waals surface area contributed by atoms with Crippen LogP contribution in [0.1, 0.15) is 106 Å². The predicted molar refractivity (Wildman–Crippen MR) is 145 cm³/mol. The van der Waals surface area contributed by atoms with Gasteiger partial charge in [0.1, 0.15) is 0 Å². The third kappa shape index (κ3) is 4.49. The molecule has 0 radical (unpaired) electrons. The second-order valence-electron chi connectivity index (χ2n) is 12.4. The molecule has 184 valence electrons. The Morgan fingerprint density at radius 1 is 0.912 bits per heavy atom. The van der Waals surface area contributed by atoms with Gasteiger partial charge in [0.15, 0.2) is 0 Å².